The van der Waals surface area contributed by atoms with Crippen LogP contribution < -0.4 is 0 Å². The second-order valence-corrected chi connectivity index (χ2v) is 2.61. The van der Waals surface area contributed by atoms with Crippen LogP contribution in [-0.4, -0.2) is 17.6 Å². The summed E-state index contributed by atoms with van der Waals surface area (Å²) in [6.45, 7) is 9.76. The number of nitro groups is 1. The maximum atomic E-state index is 10.6. The van der Waals surface area contributed by atoms with E-state index in [1.807, 2.05) is 13.8 Å². The fourth-order valence-corrected chi connectivity index (χ4v) is 1.10. The average molecular weight is 211 g/mol. The van der Waals surface area contributed by atoms with Gasteiger partial charge in [0.15, 0.2) is 0 Å². The third kappa shape index (κ3) is 4.08. The monoisotopic (exact) mass is 211 g/mol. The van der Waals surface area contributed by atoms with Crippen LogP contribution in [0.2, 0.25) is 0 Å². The lowest BCUT2D eigenvalue weighted by atomic mass is 10.1. The first-order valence-corrected chi connectivity index (χ1v) is 4.96. The van der Waals surface area contributed by atoms with E-state index < -0.39 is 4.92 Å². The van der Waals surface area contributed by atoms with Gasteiger partial charge in [-0.25, -0.2) is 0 Å². The summed E-state index contributed by atoms with van der Waals surface area (Å²) in [5, 5.41) is 10.6. The summed E-state index contributed by atoms with van der Waals surface area (Å²) in [7, 11) is 0. The standard InChI is InChI=1S/C9H11NO3.C2H6/c1-3-5-8(10(11)12)7(4-2)9-6-13-9;1-2/h3-5,9H,1,6H2,2H3;1-2H3/b7-4+,8-5+;. The molecule has 84 valence electrons. The molecule has 0 aromatic carbocycles. The number of epoxide rings is 1. The van der Waals surface area contributed by atoms with Crippen molar-refractivity contribution in [3.05, 3.63) is 46.2 Å². The Labute approximate surface area is 90.1 Å². The first kappa shape index (κ1) is 13.6. The minimum atomic E-state index is -0.418. The van der Waals surface area contributed by atoms with Gasteiger partial charge in [0.05, 0.1) is 17.1 Å². The van der Waals surface area contributed by atoms with E-state index in [1.165, 1.54) is 12.2 Å². The molecular weight excluding hydrogens is 194 g/mol. The van der Waals surface area contributed by atoms with Gasteiger partial charge in [-0.2, -0.15) is 0 Å². The summed E-state index contributed by atoms with van der Waals surface area (Å²) in [6.07, 6.45) is 4.40. The number of rotatable bonds is 4. The topological polar surface area (TPSA) is 55.7 Å². The van der Waals surface area contributed by atoms with Crippen molar-refractivity contribution in [1.29, 1.82) is 0 Å². The highest BCUT2D eigenvalue weighted by molar-refractivity contribution is 5.33. The van der Waals surface area contributed by atoms with Gasteiger partial charge >= 0.3 is 0 Å². The van der Waals surface area contributed by atoms with E-state index in [4.69, 9.17) is 4.74 Å². The van der Waals surface area contributed by atoms with Crippen molar-refractivity contribution in [2.45, 2.75) is 26.9 Å². The molecule has 4 nitrogen and oxygen atoms in total. The molecule has 1 aliphatic heterocycles. The fourth-order valence-electron chi connectivity index (χ4n) is 1.10. The zero-order valence-electron chi connectivity index (χ0n) is 9.40. The van der Waals surface area contributed by atoms with Crippen molar-refractivity contribution in [3.63, 3.8) is 0 Å². The van der Waals surface area contributed by atoms with Crippen molar-refractivity contribution < 1.29 is 9.66 Å². The molecule has 0 N–H and O–H groups in total. The van der Waals surface area contributed by atoms with Crippen molar-refractivity contribution in [3.8, 4) is 0 Å². The lowest BCUT2D eigenvalue weighted by molar-refractivity contribution is -0.421. The zero-order chi connectivity index (χ0) is 11.8. The van der Waals surface area contributed by atoms with Crippen molar-refractivity contribution >= 4 is 0 Å². The lowest BCUT2D eigenvalue weighted by Gasteiger charge is -1.98. The van der Waals surface area contributed by atoms with Crippen LogP contribution in [0.1, 0.15) is 20.8 Å². The number of allylic oxidation sites excluding steroid dienone is 3. The summed E-state index contributed by atoms with van der Waals surface area (Å²) in [6, 6.07) is 0. The molecule has 1 rings (SSSR count). The molecule has 1 fully saturated rings. The molecule has 0 aromatic heterocycles. The van der Waals surface area contributed by atoms with Gasteiger partial charge in [0.1, 0.15) is 6.10 Å². The summed E-state index contributed by atoms with van der Waals surface area (Å²) in [5.41, 5.74) is 0.699. The summed E-state index contributed by atoms with van der Waals surface area (Å²) < 4.78 is 4.99. The summed E-state index contributed by atoms with van der Waals surface area (Å²) in [5.74, 6) is 0. The molecule has 0 aliphatic carbocycles. The van der Waals surface area contributed by atoms with Crippen molar-refractivity contribution in [2.24, 2.45) is 0 Å². The Morgan fingerprint density at radius 1 is 1.60 bits per heavy atom. The van der Waals surface area contributed by atoms with E-state index in [0.29, 0.717) is 12.2 Å². The Morgan fingerprint density at radius 2 is 2.13 bits per heavy atom. The summed E-state index contributed by atoms with van der Waals surface area (Å²) in [4.78, 5) is 10.2. The van der Waals surface area contributed by atoms with E-state index in [-0.39, 0.29) is 11.8 Å². The molecule has 1 unspecified atom stereocenters. The van der Waals surface area contributed by atoms with E-state index in [0.717, 1.165) is 0 Å². The number of nitrogens with zero attached hydrogens (tertiary/aromatic N) is 1. The number of hydrogen-bond acceptors (Lipinski definition) is 3. The highest BCUT2D eigenvalue weighted by Crippen LogP contribution is 2.26. The fraction of sp³-hybridized carbons (Fsp3) is 0.455. The number of hydrogen-bond donors (Lipinski definition) is 0. The van der Waals surface area contributed by atoms with Crippen LogP contribution >= 0.6 is 0 Å². The highest BCUT2D eigenvalue weighted by atomic mass is 16.6. The van der Waals surface area contributed by atoms with E-state index in [1.54, 1.807) is 13.0 Å². The molecule has 1 atom stereocenters. The second kappa shape index (κ2) is 6.95. The molecule has 0 amide bonds. The Hall–Kier alpha value is -1.42. The lowest BCUT2D eigenvalue weighted by Crippen LogP contribution is -2.06. The van der Waals surface area contributed by atoms with Crippen LogP contribution in [0.4, 0.5) is 0 Å². The zero-order valence-corrected chi connectivity index (χ0v) is 9.40. The van der Waals surface area contributed by atoms with E-state index in [2.05, 4.69) is 6.58 Å². The van der Waals surface area contributed by atoms with Crippen LogP contribution in [0.25, 0.3) is 0 Å². The molecule has 0 aromatic rings. The van der Waals surface area contributed by atoms with Gasteiger partial charge in [0, 0.05) is 6.08 Å². The molecular formula is C11H17NO3. The van der Waals surface area contributed by atoms with Crippen molar-refractivity contribution in [1.82, 2.24) is 0 Å². The Morgan fingerprint density at radius 3 is 2.40 bits per heavy atom. The smallest absolute Gasteiger partial charge is 0.274 e. The van der Waals surface area contributed by atoms with Gasteiger partial charge in [-0.1, -0.05) is 32.6 Å². The maximum Gasteiger partial charge on any atom is 0.274 e. The van der Waals surface area contributed by atoms with Gasteiger partial charge in [-0.3, -0.25) is 10.1 Å². The van der Waals surface area contributed by atoms with Crippen LogP contribution in [0.5, 0.6) is 0 Å². The Bertz CT molecular complexity index is 288. The first-order chi connectivity index (χ1) is 7.20. The van der Waals surface area contributed by atoms with Crippen LogP contribution in [0, 0.1) is 10.1 Å². The van der Waals surface area contributed by atoms with Gasteiger partial charge in [-0.15, -0.1) is 0 Å². The van der Waals surface area contributed by atoms with Gasteiger partial charge in [0.2, 0.25) is 0 Å². The molecule has 1 aliphatic rings. The third-order valence-corrected chi connectivity index (χ3v) is 1.76. The molecule has 15 heavy (non-hydrogen) atoms. The van der Waals surface area contributed by atoms with E-state index in [9.17, 15) is 10.1 Å². The SMILES string of the molecule is C=C/C=C(\C(=C/C)C1CO1)[N+](=O)[O-].CC. The first-order valence-electron chi connectivity index (χ1n) is 4.96. The van der Waals surface area contributed by atoms with Crippen molar-refractivity contribution in [2.75, 3.05) is 6.61 Å². The predicted molar refractivity (Wildman–Crippen MR) is 60.1 cm³/mol. The highest BCUT2D eigenvalue weighted by Gasteiger charge is 2.33. The second-order valence-electron chi connectivity index (χ2n) is 2.61. The minimum Gasteiger partial charge on any atom is -0.368 e. The van der Waals surface area contributed by atoms with E-state index >= 15 is 0 Å². The molecule has 0 bridgehead atoms. The predicted octanol–water partition coefficient (Wildman–Crippen LogP) is 2.70. The largest absolute Gasteiger partial charge is 0.368 e. The Kier molecular flexibility index (Phi) is 6.29. The van der Waals surface area contributed by atoms with Crippen LogP contribution in [-0.2, 0) is 4.74 Å². The molecule has 0 radical (unpaired) electrons. The normalized spacial score (nSPS) is 20.1. The minimum absolute atomic E-state index is 0.0694. The average Bonchev–Trinajstić information content (AvgIpc) is 3.05. The molecule has 1 saturated heterocycles. The van der Waals surface area contributed by atoms with Gasteiger partial charge in [0.25, 0.3) is 5.70 Å². The van der Waals surface area contributed by atoms with Crippen LogP contribution in [0.15, 0.2) is 36.1 Å². The Balaban J connectivity index is 0.000000921. The molecule has 1 heterocycles. The summed E-state index contributed by atoms with van der Waals surface area (Å²) >= 11 is 0. The van der Waals surface area contributed by atoms with Gasteiger partial charge in [-0.05, 0) is 6.92 Å². The number of ether oxygens (including phenoxy) is 1. The maximum absolute atomic E-state index is 10.6. The molecule has 0 saturated carbocycles. The molecule has 4 heteroatoms. The van der Waals surface area contributed by atoms with Crippen LogP contribution in [0.3, 0.4) is 0 Å². The quantitative estimate of drug-likeness (QED) is 0.311. The molecule has 0 spiro atoms. The van der Waals surface area contributed by atoms with Gasteiger partial charge < -0.3 is 4.74 Å². The third-order valence-electron chi connectivity index (χ3n) is 1.76.